The van der Waals surface area contributed by atoms with Crippen LogP contribution in [0, 0.1) is 29.6 Å². The minimum Gasteiger partial charge on any atom is -1.00 e. The molecule has 4 rings (SSSR count). The Morgan fingerprint density at radius 1 is 1.21 bits per heavy atom. The number of phenolic OH excluding ortho intramolecular Hbond substituents is 1. The number of aryl methyl sites for hydroxylation is 1. The van der Waals surface area contributed by atoms with Gasteiger partial charge in [0.15, 0.2) is 0 Å². The van der Waals surface area contributed by atoms with Crippen molar-refractivity contribution in [3.05, 3.63) is 35.7 Å². The second-order valence-corrected chi connectivity index (χ2v) is 7.78. The molecule has 1 aromatic rings. The predicted octanol–water partition coefficient (Wildman–Crippen LogP) is 0.192. The molecular weight excluding hydrogens is 376 g/mol. The zero-order valence-corrected chi connectivity index (χ0v) is 17.2. The summed E-state index contributed by atoms with van der Waals surface area (Å²) in [6, 6.07) is 5.84. The Labute approximate surface area is 171 Å². The van der Waals surface area contributed by atoms with Crippen LogP contribution in [0.1, 0.15) is 56.1 Å². The Morgan fingerprint density at radius 2 is 1.96 bits per heavy atom. The molecule has 0 unspecified atom stereocenters. The molecule has 0 bridgehead atoms. The van der Waals surface area contributed by atoms with Crippen molar-refractivity contribution < 1.29 is 27.2 Å². The van der Waals surface area contributed by atoms with Gasteiger partial charge in [-0.3, -0.25) is 0 Å². The molecule has 0 saturated heterocycles. The van der Waals surface area contributed by atoms with Crippen LogP contribution in [0.5, 0.6) is 5.75 Å². The van der Waals surface area contributed by atoms with Crippen molar-refractivity contribution in [2.45, 2.75) is 57.0 Å². The van der Waals surface area contributed by atoms with Crippen LogP contribution in [-0.2, 0) is 6.42 Å². The molecule has 0 aromatic heterocycles. The van der Waals surface area contributed by atoms with E-state index in [1.54, 1.807) is 0 Å². The van der Waals surface area contributed by atoms with E-state index in [2.05, 4.69) is 18.9 Å². The summed E-state index contributed by atoms with van der Waals surface area (Å²) in [6.45, 7) is 2.18. The molecule has 2 fully saturated rings. The molecule has 24 heavy (non-hydrogen) atoms. The molecule has 5 atom stereocenters. The summed E-state index contributed by atoms with van der Waals surface area (Å²) < 4.78 is 0. The molecule has 0 heterocycles. The molecule has 0 radical (unpaired) electrons. The first kappa shape index (κ1) is 20.1. The number of fused-ring (bicyclic) bond motifs is 5. The third-order valence-corrected chi connectivity index (χ3v) is 7.07. The van der Waals surface area contributed by atoms with E-state index in [1.807, 2.05) is 12.1 Å². The molecule has 2 N–H and O–H groups in total. The van der Waals surface area contributed by atoms with Crippen molar-refractivity contribution in [1.82, 2.24) is 0 Å². The van der Waals surface area contributed by atoms with E-state index in [0.717, 1.165) is 32.1 Å². The number of hydrogen-bond donors (Lipinski definition) is 2. The van der Waals surface area contributed by atoms with Crippen molar-refractivity contribution in [1.29, 1.82) is 0 Å². The first-order chi connectivity index (χ1) is 10.5. The van der Waals surface area contributed by atoms with Crippen molar-refractivity contribution in [3.63, 3.8) is 0 Å². The van der Waals surface area contributed by atoms with Gasteiger partial charge in [-0.25, -0.2) is 0 Å². The van der Waals surface area contributed by atoms with Gasteiger partial charge in [-0.2, -0.15) is 0 Å². The fourth-order valence-corrected chi connectivity index (χ4v) is 5.79. The Hall–Kier alpha value is -0.214. The summed E-state index contributed by atoms with van der Waals surface area (Å²) in [5, 5.41) is 20.6. The number of benzene rings is 1. The van der Waals surface area contributed by atoms with Crippen molar-refractivity contribution >= 4 is 23.1 Å². The largest absolute Gasteiger partial charge is 2.00 e. The summed E-state index contributed by atoms with van der Waals surface area (Å²) in [6.07, 6.45) is 13.5. The zero-order chi connectivity index (χ0) is 15.5. The first-order valence-electron chi connectivity index (χ1n) is 8.46. The van der Waals surface area contributed by atoms with Crippen LogP contribution in [0.15, 0.2) is 18.2 Å². The number of halogens is 1. The van der Waals surface area contributed by atoms with Crippen LogP contribution >= 0.6 is 0 Å². The minimum absolute atomic E-state index is 0. The zero-order valence-electron chi connectivity index (χ0n) is 14.2. The Morgan fingerprint density at radius 3 is 2.67 bits per heavy atom. The van der Waals surface area contributed by atoms with Crippen molar-refractivity contribution in [2.24, 2.45) is 17.3 Å². The molecule has 2 nitrogen and oxygen atoms in total. The third kappa shape index (κ3) is 2.63. The van der Waals surface area contributed by atoms with Crippen LogP contribution in [-0.4, -0.2) is 38.9 Å². The maximum Gasteiger partial charge on any atom is 2.00 e. The van der Waals surface area contributed by atoms with Gasteiger partial charge in [-0.1, -0.05) is 13.0 Å². The van der Waals surface area contributed by atoms with Gasteiger partial charge in [0, 0.05) is 5.41 Å². The molecule has 3 aliphatic carbocycles. The molecule has 1 aromatic carbocycles. The van der Waals surface area contributed by atoms with E-state index in [9.17, 15) is 10.2 Å². The third-order valence-electron chi connectivity index (χ3n) is 7.07. The van der Waals surface area contributed by atoms with Crippen molar-refractivity contribution in [3.8, 4) is 11.7 Å². The van der Waals surface area contributed by atoms with Gasteiger partial charge >= 0.3 is 23.1 Å². The van der Waals surface area contributed by atoms with E-state index in [-0.39, 0.29) is 45.4 Å². The minimum atomic E-state index is -1.03. The quantitative estimate of drug-likeness (QED) is 0.372. The van der Waals surface area contributed by atoms with Gasteiger partial charge in [-0.05, 0) is 79.5 Å². The van der Waals surface area contributed by atoms with Crippen molar-refractivity contribution in [2.75, 3.05) is 0 Å². The van der Waals surface area contributed by atoms with Gasteiger partial charge in [0.1, 0.15) is 5.75 Å². The molecule has 0 aliphatic heterocycles. The van der Waals surface area contributed by atoms with E-state index in [1.165, 1.54) is 11.1 Å². The average Bonchev–Trinajstić information content (AvgIpc) is 2.79. The standard InChI is InChI=1S/C20H23O2.BrH.Mg/c1-3-20(22)11-9-18-17-6-4-13-12-14(21)5-7-15(13)16(17)8-10-19(18,20)2;;/h5,7,12,16-18,21-22H,4,6,8-11H2,2H3;1H;/q-1;;+2/p-1/t16-,17-,18+,19+,20+;;/m1../s1. The molecule has 0 spiro atoms. The number of hydrogen-bond acceptors (Lipinski definition) is 2. The summed E-state index contributed by atoms with van der Waals surface area (Å²) in [7, 11) is 0. The van der Waals surface area contributed by atoms with E-state index >= 15 is 0 Å². The van der Waals surface area contributed by atoms with Gasteiger partial charge in [0.25, 0.3) is 0 Å². The predicted molar refractivity (Wildman–Crippen MR) is 90.6 cm³/mol. The normalized spacial score (nSPS) is 39.3. The van der Waals surface area contributed by atoms with Crippen LogP contribution in [0.25, 0.3) is 0 Å². The smallest absolute Gasteiger partial charge is 1.00 e. The van der Waals surface area contributed by atoms with E-state index in [0.29, 0.717) is 29.9 Å². The summed E-state index contributed by atoms with van der Waals surface area (Å²) in [4.78, 5) is 0. The number of rotatable bonds is 0. The monoisotopic (exact) mass is 398 g/mol. The summed E-state index contributed by atoms with van der Waals surface area (Å²) >= 11 is 0. The molecule has 0 amide bonds. The van der Waals surface area contributed by atoms with E-state index in [4.69, 9.17) is 6.42 Å². The van der Waals surface area contributed by atoms with Crippen LogP contribution in [0.2, 0.25) is 0 Å². The van der Waals surface area contributed by atoms with Gasteiger partial charge in [0.2, 0.25) is 0 Å². The Bertz CT molecular complexity index is 670. The summed E-state index contributed by atoms with van der Waals surface area (Å²) in [5.74, 6) is 4.47. The van der Waals surface area contributed by atoms with E-state index < -0.39 is 5.60 Å². The average molecular weight is 400 g/mol. The first-order valence-corrected chi connectivity index (χ1v) is 8.46. The fourth-order valence-electron chi connectivity index (χ4n) is 5.79. The molecular formula is C20H23BrMgO2. The topological polar surface area (TPSA) is 40.5 Å². The number of phenols is 1. The molecule has 2 saturated carbocycles. The second-order valence-electron chi connectivity index (χ2n) is 7.78. The van der Waals surface area contributed by atoms with Gasteiger partial charge in [0.05, 0.1) is 5.60 Å². The molecule has 124 valence electrons. The van der Waals surface area contributed by atoms with Crippen LogP contribution in [0.3, 0.4) is 0 Å². The van der Waals surface area contributed by atoms with Crippen LogP contribution in [0.4, 0.5) is 0 Å². The SMILES string of the molecule is [Br-].[C-]#C[C@]1(O)CC[C@H]2[C@@H]3CCc4cc(O)ccc4[C@H]3CC[C@@]21C.[Mg+2]. The Balaban J connectivity index is 0.00000104. The number of aliphatic hydroxyl groups is 1. The summed E-state index contributed by atoms with van der Waals surface area (Å²) in [5.41, 5.74) is 1.49. The maximum absolute atomic E-state index is 10.8. The fraction of sp³-hybridized carbons (Fsp3) is 0.600. The van der Waals surface area contributed by atoms with Gasteiger partial charge < -0.3 is 39.5 Å². The maximum atomic E-state index is 10.8. The number of aromatic hydroxyl groups is 1. The van der Waals surface area contributed by atoms with Crippen LogP contribution < -0.4 is 17.0 Å². The molecule has 4 heteroatoms. The molecule has 3 aliphatic rings. The second kappa shape index (κ2) is 6.83. The Kier molecular flexibility index (Phi) is 5.72. The van der Waals surface area contributed by atoms with Gasteiger partial charge in [-0.15, -0.1) is 0 Å².